The van der Waals surface area contributed by atoms with Gasteiger partial charge in [-0.15, -0.1) is 0 Å². The van der Waals surface area contributed by atoms with Crippen molar-refractivity contribution in [2.75, 3.05) is 23.9 Å². The maximum atomic E-state index is 11.8. The monoisotopic (exact) mass is 268 g/mol. The lowest BCUT2D eigenvalue weighted by atomic mass is 10.1. The SMILES string of the molecule is CS(=O)(=O)CCNC(=O)C1Cc2ccccc2N1. The molecule has 0 saturated heterocycles. The Morgan fingerprint density at radius 3 is 2.83 bits per heavy atom. The van der Waals surface area contributed by atoms with Gasteiger partial charge in [-0.1, -0.05) is 18.2 Å². The predicted octanol–water partition coefficient (Wildman–Crippen LogP) is 0.184. The molecule has 1 aromatic carbocycles. The molecule has 0 aliphatic carbocycles. The van der Waals surface area contributed by atoms with Gasteiger partial charge >= 0.3 is 0 Å². The molecule has 1 aromatic rings. The summed E-state index contributed by atoms with van der Waals surface area (Å²) in [7, 11) is -3.03. The third kappa shape index (κ3) is 3.22. The Balaban J connectivity index is 1.86. The smallest absolute Gasteiger partial charge is 0.242 e. The molecule has 1 aliphatic rings. The highest BCUT2D eigenvalue weighted by Crippen LogP contribution is 2.24. The number of fused-ring (bicyclic) bond motifs is 1. The normalized spacial score (nSPS) is 17.9. The predicted molar refractivity (Wildman–Crippen MR) is 70.3 cm³/mol. The van der Waals surface area contributed by atoms with Gasteiger partial charge in [0.05, 0.1) is 5.75 Å². The number of hydrogen-bond acceptors (Lipinski definition) is 4. The standard InChI is InChI=1S/C12H16N2O3S/c1-18(16,17)7-6-13-12(15)11-8-9-4-2-3-5-10(9)14-11/h2-5,11,14H,6-8H2,1H3,(H,13,15). The summed E-state index contributed by atoms with van der Waals surface area (Å²) in [5.41, 5.74) is 2.08. The van der Waals surface area contributed by atoms with E-state index < -0.39 is 9.84 Å². The highest BCUT2D eigenvalue weighted by molar-refractivity contribution is 7.90. The minimum atomic E-state index is -3.03. The Kier molecular flexibility index (Phi) is 3.56. The van der Waals surface area contributed by atoms with Crippen LogP contribution in [0.1, 0.15) is 5.56 Å². The fraction of sp³-hybridized carbons (Fsp3) is 0.417. The molecule has 0 aromatic heterocycles. The van der Waals surface area contributed by atoms with Crippen LogP contribution in [-0.4, -0.2) is 38.9 Å². The van der Waals surface area contributed by atoms with Gasteiger partial charge in [-0.2, -0.15) is 0 Å². The highest BCUT2D eigenvalue weighted by Gasteiger charge is 2.25. The molecule has 1 heterocycles. The molecule has 2 rings (SSSR count). The van der Waals surface area contributed by atoms with E-state index in [1.807, 2.05) is 24.3 Å². The Hall–Kier alpha value is -1.56. The van der Waals surface area contributed by atoms with Gasteiger partial charge in [0, 0.05) is 24.9 Å². The summed E-state index contributed by atoms with van der Waals surface area (Å²) in [5.74, 6) is -0.187. The van der Waals surface area contributed by atoms with Gasteiger partial charge in [-0.05, 0) is 11.6 Å². The zero-order valence-corrected chi connectivity index (χ0v) is 11.0. The molecule has 0 bridgehead atoms. The summed E-state index contributed by atoms with van der Waals surface area (Å²) in [4.78, 5) is 11.8. The number of hydrogen-bond donors (Lipinski definition) is 2. The fourth-order valence-corrected chi connectivity index (χ4v) is 2.41. The summed E-state index contributed by atoms with van der Waals surface area (Å²) in [6.07, 6.45) is 1.80. The van der Waals surface area contributed by atoms with E-state index in [1.165, 1.54) is 0 Å². The van der Waals surface area contributed by atoms with E-state index in [-0.39, 0.29) is 24.2 Å². The third-order valence-electron chi connectivity index (χ3n) is 2.86. The zero-order valence-electron chi connectivity index (χ0n) is 10.1. The van der Waals surface area contributed by atoms with Crippen LogP contribution in [0.2, 0.25) is 0 Å². The largest absolute Gasteiger partial charge is 0.373 e. The van der Waals surface area contributed by atoms with Crippen molar-refractivity contribution < 1.29 is 13.2 Å². The first-order chi connectivity index (χ1) is 8.46. The van der Waals surface area contributed by atoms with Gasteiger partial charge in [-0.25, -0.2) is 8.42 Å². The fourth-order valence-electron chi connectivity index (χ4n) is 1.94. The Morgan fingerprint density at radius 2 is 2.17 bits per heavy atom. The second-order valence-corrected chi connectivity index (χ2v) is 6.74. The second kappa shape index (κ2) is 4.97. The number of amides is 1. The average Bonchev–Trinajstić information content (AvgIpc) is 2.70. The molecule has 2 N–H and O–H groups in total. The van der Waals surface area contributed by atoms with Crippen LogP contribution in [-0.2, 0) is 21.1 Å². The molecule has 0 radical (unpaired) electrons. The van der Waals surface area contributed by atoms with Gasteiger partial charge in [-0.3, -0.25) is 4.79 Å². The molecule has 98 valence electrons. The zero-order chi connectivity index (χ0) is 13.2. The Bertz CT molecular complexity index is 529. The van der Waals surface area contributed by atoms with Crippen LogP contribution >= 0.6 is 0 Å². The Morgan fingerprint density at radius 1 is 1.44 bits per heavy atom. The molecule has 1 atom stereocenters. The van der Waals surface area contributed by atoms with Crippen molar-refractivity contribution in [3.63, 3.8) is 0 Å². The summed E-state index contributed by atoms with van der Waals surface area (Å²) < 4.78 is 21.9. The first-order valence-electron chi connectivity index (χ1n) is 5.75. The lowest BCUT2D eigenvalue weighted by Crippen LogP contribution is -2.40. The van der Waals surface area contributed by atoms with E-state index in [4.69, 9.17) is 0 Å². The number of sulfone groups is 1. The maximum Gasteiger partial charge on any atom is 0.242 e. The molecule has 6 heteroatoms. The first kappa shape index (κ1) is 12.9. The van der Waals surface area contributed by atoms with Gasteiger partial charge in [0.2, 0.25) is 5.91 Å². The number of rotatable bonds is 4. The van der Waals surface area contributed by atoms with Crippen LogP contribution in [0.3, 0.4) is 0 Å². The molecule has 0 saturated carbocycles. The van der Waals surface area contributed by atoms with E-state index in [0.717, 1.165) is 17.5 Å². The number of nitrogens with one attached hydrogen (secondary N) is 2. The molecular weight excluding hydrogens is 252 g/mol. The average molecular weight is 268 g/mol. The summed E-state index contributed by atoms with van der Waals surface area (Å²) in [6, 6.07) is 7.45. The number of carbonyl (C=O) groups is 1. The van der Waals surface area contributed by atoms with Crippen molar-refractivity contribution >= 4 is 21.4 Å². The number of benzene rings is 1. The molecule has 1 amide bonds. The topological polar surface area (TPSA) is 75.3 Å². The summed E-state index contributed by atoms with van der Waals surface area (Å²) in [5, 5.41) is 5.76. The van der Waals surface area contributed by atoms with Crippen molar-refractivity contribution in [1.29, 1.82) is 0 Å². The van der Waals surface area contributed by atoms with Crippen molar-refractivity contribution in [2.45, 2.75) is 12.5 Å². The quantitative estimate of drug-likeness (QED) is 0.817. The van der Waals surface area contributed by atoms with Crippen LogP contribution in [0.25, 0.3) is 0 Å². The third-order valence-corrected chi connectivity index (χ3v) is 3.81. The molecule has 18 heavy (non-hydrogen) atoms. The van der Waals surface area contributed by atoms with Crippen molar-refractivity contribution in [1.82, 2.24) is 5.32 Å². The minimum Gasteiger partial charge on any atom is -0.373 e. The van der Waals surface area contributed by atoms with Crippen molar-refractivity contribution in [3.8, 4) is 0 Å². The van der Waals surface area contributed by atoms with E-state index >= 15 is 0 Å². The van der Waals surface area contributed by atoms with E-state index in [1.54, 1.807) is 0 Å². The molecular formula is C12H16N2O3S. The Labute approximate surface area is 107 Å². The molecule has 0 spiro atoms. The van der Waals surface area contributed by atoms with Crippen LogP contribution in [0.4, 0.5) is 5.69 Å². The number of para-hydroxylation sites is 1. The van der Waals surface area contributed by atoms with E-state index in [9.17, 15) is 13.2 Å². The summed E-state index contributed by atoms with van der Waals surface area (Å²) in [6.45, 7) is 0.159. The van der Waals surface area contributed by atoms with Gasteiger partial charge < -0.3 is 10.6 Å². The van der Waals surface area contributed by atoms with Gasteiger partial charge in [0.25, 0.3) is 0 Å². The summed E-state index contributed by atoms with van der Waals surface area (Å²) >= 11 is 0. The van der Waals surface area contributed by atoms with Crippen molar-refractivity contribution in [2.24, 2.45) is 0 Å². The van der Waals surface area contributed by atoms with Gasteiger partial charge in [0.1, 0.15) is 15.9 Å². The van der Waals surface area contributed by atoms with Crippen LogP contribution < -0.4 is 10.6 Å². The molecule has 0 fully saturated rings. The highest BCUT2D eigenvalue weighted by atomic mass is 32.2. The second-order valence-electron chi connectivity index (χ2n) is 4.48. The van der Waals surface area contributed by atoms with Crippen LogP contribution in [0.5, 0.6) is 0 Å². The maximum absolute atomic E-state index is 11.8. The van der Waals surface area contributed by atoms with Crippen LogP contribution in [0.15, 0.2) is 24.3 Å². The van der Waals surface area contributed by atoms with Crippen molar-refractivity contribution in [3.05, 3.63) is 29.8 Å². The molecule has 5 nitrogen and oxygen atoms in total. The van der Waals surface area contributed by atoms with E-state index in [0.29, 0.717) is 6.42 Å². The lowest BCUT2D eigenvalue weighted by Gasteiger charge is -2.11. The lowest BCUT2D eigenvalue weighted by molar-refractivity contribution is -0.121. The number of anilines is 1. The minimum absolute atomic E-state index is 0.0294. The number of carbonyl (C=O) groups excluding carboxylic acids is 1. The van der Waals surface area contributed by atoms with Gasteiger partial charge in [0.15, 0.2) is 0 Å². The molecule has 1 unspecified atom stereocenters. The van der Waals surface area contributed by atoms with Crippen LogP contribution in [0, 0.1) is 0 Å². The molecule has 1 aliphatic heterocycles. The first-order valence-corrected chi connectivity index (χ1v) is 7.81. The van der Waals surface area contributed by atoms with E-state index in [2.05, 4.69) is 10.6 Å².